The van der Waals surface area contributed by atoms with Gasteiger partial charge in [0, 0.05) is 0 Å². The zero-order chi connectivity index (χ0) is 12.0. The highest BCUT2D eigenvalue weighted by Crippen LogP contribution is 2.27. The van der Waals surface area contributed by atoms with Gasteiger partial charge < -0.3 is 10.1 Å². The van der Waals surface area contributed by atoms with E-state index in [9.17, 15) is 0 Å². The lowest BCUT2D eigenvalue weighted by Crippen LogP contribution is -2.10. The second-order valence-electron chi connectivity index (χ2n) is 4.31. The minimum atomic E-state index is 0.510. The zero-order valence-corrected chi connectivity index (χ0v) is 10.8. The Kier molecular flexibility index (Phi) is 5.33. The van der Waals surface area contributed by atoms with E-state index in [1.165, 1.54) is 11.1 Å². The van der Waals surface area contributed by atoms with Crippen LogP contribution >= 0.6 is 0 Å². The van der Waals surface area contributed by atoms with Gasteiger partial charge in [-0.3, -0.25) is 0 Å². The zero-order valence-electron chi connectivity index (χ0n) is 10.8. The van der Waals surface area contributed by atoms with E-state index in [-0.39, 0.29) is 0 Å². The maximum Gasteiger partial charge on any atom is 0.122 e. The Balaban J connectivity index is 2.88. The predicted octanol–water partition coefficient (Wildman–Crippen LogP) is 2.97. The molecule has 0 aliphatic heterocycles. The molecule has 0 radical (unpaired) electrons. The molecule has 1 aromatic rings. The first-order valence-corrected chi connectivity index (χ1v) is 6.09. The lowest BCUT2D eigenvalue weighted by molar-refractivity contribution is 0.335. The molecule has 0 atom stereocenters. The van der Waals surface area contributed by atoms with Crippen molar-refractivity contribution >= 4 is 0 Å². The summed E-state index contributed by atoms with van der Waals surface area (Å²) in [7, 11) is 1.98. The predicted molar refractivity (Wildman–Crippen MR) is 69.3 cm³/mol. The molecule has 0 saturated carbocycles. The average Bonchev–Trinajstić information content (AvgIpc) is 2.27. The summed E-state index contributed by atoms with van der Waals surface area (Å²) < 4.78 is 5.64. The van der Waals surface area contributed by atoms with Crippen molar-refractivity contribution in [2.24, 2.45) is 0 Å². The minimum absolute atomic E-state index is 0.510. The van der Waals surface area contributed by atoms with Crippen LogP contribution in [0.1, 0.15) is 37.8 Å². The molecule has 0 aliphatic carbocycles. The first-order chi connectivity index (χ1) is 7.69. The van der Waals surface area contributed by atoms with Crippen LogP contribution in [-0.2, 0) is 6.42 Å². The minimum Gasteiger partial charge on any atom is -0.494 e. The maximum absolute atomic E-state index is 5.64. The average molecular weight is 221 g/mol. The van der Waals surface area contributed by atoms with Gasteiger partial charge >= 0.3 is 0 Å². The SMILES string of the molecule is CCOc1ccc(CCNC)cc1C(C)C. The van der Waals surface area contributed by atoms with E-state index in [4.69, 9.17) is 4.74 Å². The lowest BCUT2D eigenvalue weighted by atomic mass is 9.98. The smallest absolute Gasteiger partial charge is 0.122 e. The van der Waals surface area contributed by atoms with Gasteiger partial charge in [0.25, 0.3) is 0 Å². The van der Waals surface area contributed by atoms with Crippen LogP contribution in [0.4, 0.5) is 0 Å². The molecule has 1 aromatic carbocycles. The van der Waals surface area contributed by atoms with Crippen LogP contribution in [0, 0.1) is 0 Å². The van der Waals surface area contributed by atoms with Gasteiger partial charge in [-0.2, -0.15) is 0 Å². The van der Waals surface area contributed by atoms with Crippen molar-refractivity contribution in [2.75, 3.05) is 20.2 Å². The Morgan fingerprint density at radius 3 is 2.62 bits per heavy atom. The largest absolute Gasteiger partial charge is 0.494 e. The standard InChI is InChI=1S/C14H23NO/c1-5-16-14-7-6-12(8-9-15-4)10-13(14)11(2)3/h6-7,10-11,15H,5,8-9H2,1-4H3. The molecule has 0 unspecified atom stereocenters. The van der Waals surface area contributed by atoms with Crippen molar-refractivity contribution < 1.29 is 4.74 Å². The Bertz CT molecular complexity index is 321. The van der Waals surface area contributed by atoms with Crippen molar-refractivity contribution in [3.8, 4) is 5.75 Å². The second-order valence-corrected chi connectivity index (χ2v) is 4.31. The van der Waals surface area contributed by atoms with Crippen molar-refractivity contribution in [2.45, 2.75) is 33.1 Å². The third-order valence-corrected chi connectivity index (χ3v) is 2.66. The number of hydrogen-bond donors (Lipinski definition) is 1. The van der Waals surface area contributed by atoms with Crippen LogP contribution in [-0.4, -0.2) is 20.2 Å². The van der Waals surface area contributed by atoms with Gasteiger partial charge in [0.2, 0.25) is 0 Å². The summed E-state index contributed by atoms with van der Waals surface area (Å²) in [5, 5.41) is 3.17. The van der Waals surface area contributed by atoms with Gasteiger partial charge in [0.1, 0.15) is 5.75 Å². The molecule has 1 N–H and O–H groups in total. The molecule has 2 heteroatoms. The molecule has 0 heterocycles. The number of rotatable bonds is 6. The summed E-state index contributed by atoms with van der Waals surface area (Å²) in [6, 6.07) is 6.53. The molecular weight excluding hydrogens is 198 g/mol. The highest BCUT2D eigenvalue weighted by atomic mass is 16.5. The maximum atomic E-state index is 5.64. The molecule has 0 spiro atoms. The molecule has 90 valence electrons. The van der Waals surface area contributed by atoms with Crippen molar-refractivity contribution in [1.82, 2.24) is 5.32 Å². The van der Waals surface area contributed by atoms with E-state index in [1.54, 1.807) is 0 Å². The topological polar surface area (TPSA) is 21.3 Å². The molecule has 0 bridgehead atoms. The Morgan fingerprint density at radius 1 is 1.31 bits per heavy atom. The fourth-order valence-electron chi connectivity index (χ4n) is 1.76. The Hall–Kier alpha value is -1.02. The molecule has 0 fully saturated rings. The third kappa shape index (κ3) is 3.53. The van der Waals surface area contributed by atoms with E-state index >= 15 is 0 Å². The second kappa shape index (κ2) is 6.54. The van der Waals surface area contributed by atoms with Gasteiger partial charge in [0.05, 0.1) is 6.61 Å². The monoisotopic (exact) mass is 221 g/mol. The van der Waals surface area contributed by atoms with Crippen LogP contribution in [0.2, 0.25) is 0 Å². The summed E-state index contributed by atoms with van der Waals surface area (Å²) in [5.41, 5.74) is 2.69. The first kappa shape index (κ1) is 13.0. The lowest BCUT2D eigenvalue weighted by Gasteiger charge is -2.14. The van der Waals surface area contributed by atoms with E-state index in [0.717, 1.165) is 25.3 Å². The molecule has 0 aliphatic rings. The van der Waals surface area contributed by atoms with Crippen molar-refractivity contribution in [3.05, 3.63) is 29.3 Å². The molecule has 0 amide bonds. The molecule has 1 rings (SSSR count). The molecule has 16 heavy (non-hydrogen) atoms. The Labute approximate surface area is 99.0 Å². The van der Waals surface area contributed by atoms with Gasteiger partial charge in [-0.05, 0) is 50.0 Å². The molecule has 2 nitrogen and oxygen atoms in total. The summed E-state index contributed by atoms with van der Waals surface area (Å²) in [4.78, 5) is 0. The number of benzene rings is 1. The normalized spacial score (nSPS) is 10.8. The number of nitrogens with one attached hydrogen (secondary N) is 1. The highest BCUT2D eigenvalue weighted by Gasteiger charge is 2.08. The van der Waals surface area contributed by atoms with Gasteiger partial charge in [0.15, 0.2) is 0 Å². The first-order valence-electron chi connectivity index (χ1n) is 6.09. The fourth-order valence-corrected chi connectivity index (χ4v) is 1.76. The van der Waals surface area contributed by atoms with Gasteiger partial charge in [-0.25, -0.2) is 0 Å². The Morgan fingerprint density at radius 2 is 2.06 bits per heavy atom. The van der Waals surface area contributed by atoms with E-state index in [0.29, 0.717) is 5.92 Å². The van der Waals surface area contributed by atoms with Crippen LogP contribution in [0.5, 0.6) is 5.75 Å². The highest BCUT2D eigenvalue weighted by molar-refractivity contribution is 5.39. The van der Waals surface area contributed by atoms with Crippen LogP contribution < -0.4 is 10.1 Å². The molecule has 0 saturated heterocycles. The number of ether oxygens (including phenoxy) is 1. The van der Waals surface area contributed by atoms with Gasteiger partial charge in [-0.15, -0.1) is 0 Å². The van der Waals surface area contributed by atoms with E-state index in [1.807, 2.05) is 14.0 Å². The summed E-state index contributed by atoms with van der Waals surface area (Å²) in [6.07, 6.45) is 1.07. The van der Waals surface area contributed by atoms with Crippen LogP contribution in [0.15, 0.2) is 18.2 Å². The summed E-state index contributed by atoms with van der Waals surface area (Å²) in [6.45, 7) is 8.19. The number of likely N-dealkylation sites (N-methyl/N-ethyl adjacent to an activating group) is 1. The molecule has 0 aromatic heterocycles. The van der Waals surface area contributed by atoms with Crippen molar-refractivity contribution in [3.63, 3.8) is 0 Å². The third-order valence-electron chi connectivity index (χ3n) is 2.66. The van der Waals surface area contributed by atoms with Crippen LogP contribution in [0.25, 0.3) is 0 Å². The summed E-state index contributed by atoms with van der Waals surface area (Å²) in [5.74, 6) is 1.54. The van der Waals surface area contributed by atoms with Crippen LogP contribution in [0.3, 0.4) is 0 Å². The van der Waals surface area contributed by atoms with Gasteiger partial charge in [-0.1, -0.05) is 26.0 Å². The van der Waals surface area contributed by atoms with Crippen molar-refractivity contribution in [1.29, 1.82) is 0 Å². The van der Waals surface area contributed by atoms with E-state index in [2.05, 4.69) is 37.4 Å². The molecular formula is C14H23NO. The van der Waals surface area contributed by atoms with E-state index < -0.39 is 0 Å². The fraction of sp³-hybridized carbons (Fsp3) is 0.571. The quantitative estimate of drug-likeness (QED) is 0.797. The summed E-state index contributed by atoms with van der Waals surface area (Å²) >= 11 is 0. The number of hydrogen-bond acceptors (Lipinski definition) is 2.